The monoisotopic (exact) mass is 203 g/mol. The summed E-state index contributed by atoms with van der Waals surface area (Å²) in [4.78, 5) is 0. The number of aliphatic hydroxyl groups is 1. The molecular weight excluding hydrogens is 182 g/mol. The summed E-state index contributed by atoms with van der Waals surface area (Å²) in [5.41, 5.74) is 0. The van der Waals surface area contributed by atoms with Crippen molar-refractivity contribution in [3.8, 4) is 0 Å². The summed E-state index contributed by atoms with van der Waals surface area (Å²) >= 11 is 0. The summed E-state index contributed by atoms with van der Waals surface area (Å²) in [6, 6.07) is 0. The van der Waals surface area contributed by atoms with E-state index in [2.05, 4.69) is 5.32 Å². The van der Waals surface area contributed by atoms with Gasteiger partial charge in [-0.05, 0) is 25.8 Å². The van der Waals surface area contributed by atoms with Gasteiger partial charge >= 0.3 is 0 Å². The van der Waals surface area contributed by atoms with Crippen molar-refractivity contribution in [2.45, 2.75) is 31.5 Å². The minimum atomic E-state index is -0.399. The van der Waals surface area contributed by atoms with Crippen LogP contribution in [0, 0.1) is 0 Å². The second-order valence-electron chi connectivity index (χ2n) is 3.74. The second kappa shape index (κ2) is 7.17. The zero-order chi connectivity index (χ0) is 10.2. The SMILES string of the molecule is COCC(O)CNCCC1CCCO1. The van der Waals surface area contributed by atoms with Crippen LogP contribution in [0.15, 0.2) is 0 Å². The van der Waals surface area contributed by atoms with Gasteiger partial charge in [0.25, 0.3) is 0 Å². The normalized spacial score (nSPS) is 24.0. The molecule has 84 valence electrons. The first-order chi connectivity index (χ1) is 6.83. The maximum absolute atomic E-state index is 9.32. The van der Waals surface area contributed by atoms with E-state index in [1.807, 2.05) is 0 Å². The van der Waals surface area contributed by atoms with E-state index in [-0.39, 0.29) is 0 Å². The molecule has 2 unspecified atom stereocenters. The maximum Gasteiger partial charge on any atom is 0.0897 e. The van der Waals surface area contributed by atoms with E-state index in [4.69, 9.17) is 9.47 Å². The van der Waals surface area contributed by atoms with Crippen LogP contribution in [0.3, 0.4) is 0 Å². The summed E-state index contributed by atoms with van der Waals surface area (Å²) in [5.74, 6) is 0. The Bertz CT molecular complexity index is 137. The van der Waals surface area contributed by atoms with Crippen molar-refractivity contribution in [2.24, 2.45) is 0 Å². The summed E-state index contributed by atoms with van der Waals surface area (Å²) in [6.45, 7) is 2.82. The van der Waals surface area contributed by atoms with Crippen LogP contribution in [0.5, 0.6) is 0 Å². The highest BCUT2D eigenvalue weighted by Gasteiger charge is 2.14. The van der Waals surface area contributed by atoms with Crippen LogP contribution in [0.25, 0.3) is 0 Å². The first-order valence-corrected chi connectivity index (χ1v) is 5.32. The molecule has 1 heterocycles. The number of nitrogens with one attached hydrogen (secondary N) is 1. The molecule has 1 saturated heterocycles. The van der Waals surface area contributed by atoms with Crippen LogP contribution in [0.2, 0.25) is 0 Å². The van der Waals surface area contributed by atoms with E-state index < -0.39 is 6.10 Å². The van der Waals surface area contributed by atoms with Gasteiger partial charge in [0.1, 0.15) is 0 Å². The van der Waals surface area contributed by atoms with Crippen molar-refractivity contribution in [1.82, 2.24) is 5.32 Å². The van der Waals surface area contributed by atoms with Crippen molar-refractivity contribution in [3.63, 3.8) is 0 Å². The maximum atomic E-state index is 9.32. The molecule has 2 N–H and O–H groups in total. The van der Waals surface area contributed by atoms with Gasteiger partial charge in [0.15, 0.2) is 0 Å². The van der Waals surface area contributed by atoms with Gasteiger partial charge in [0, 0.05) is 20.3 Å². The first kappa shape index (κ1) is 11.9. The van der Waals surface area contributed by atoms with E-state index in [0.717, 1.165) is 19.6 Å². The summed E-state index contributed by atoms with van der Waals surface area (Å²) in [6.07, 6.45) is 3.45. The van der Waals surface area contributed by atoms with Crippen LogP contribution in [0.4, 0.5) is 0 Å². The molecule has 14 heavy (non-hydrogen) atoms. The fourth-order valence-electron chi connectivity index (χ4n) is 1.66. The van der Waals surface area contributed by atoms with Gasteiger partial charge in [0.2, 0.25) is 0 Å². The van der Waals surface area contributed by atoms with Crippen LogP contribution < -0.4 is 5.32 Å². The van der Waals surface area contributed by atoms with Crippen LogP contribution in [-0.4, -0.2) is 50.7 Å². The van der Waals surface area contributed by atoms with Gasteiger partial charge in [-0.15, -0.1) is 0 Å². The predicted octanol–water partition coefficient (Wildman–Crippen LogP) is 0.152. The molecule has 1 aliphatic rings. The van der Waals surface area contributed by atoms with Crippen molar-refractivity contribution in [2.75, 3.05) is 33.4 Å². The van der Waals surface area contributed by atoms with Crippen LogP contribution in [0.1, 0.15) is 19.3 Å². The molecule has 0 aromatic carbocycles. The Hall–Kier alpha value is -0.160. The molecule has 1 aliphatic heterocycles. The summed E-state index contributed by atoms with van der Waals surface area (Å²) in [7, 11) is 1.59. The largest absolute Gasteiger partial charge is 0.389 e. The predicted molar refractivity (Wildman–Crippen MR) is 54.3 cm³/mol. The lowest BCUT2D eigenvalue weighted by Gasteiger charge is -2.12. The summed E-state index contributed by atoms with van der Waals surface area (Å²) < 4.78 is 10.3. The lowest BCUT2D eigenvalue weighted by atomic mass is 10.2. The standard InChI is InChI=1S/C10H21NO3/c1-13-8-9(12)7-11-5-4-10-3-2-6-14-10/h9-12H,2-8H2,1H3. The van der Waals surface area contributed by atoms with Crippen molar-refractivity contribution in [3.05, 3.63) is 0 Å². The second-order valence-corrected chi connectivity index (χ2v) is 3.74. The number of hydrogen-bond donors (Lipinski definition) is 2. The Balaban J connectivity index is 1.88. The molecule has 0 saturated carbocycles. The average molecular weight is 203 g/mol. The Labute approximate surface area is 85.6 Å². The molecule has 0 bridgehead atoms. The number of methoxy groups -OCH3 is 1. The third-order valence-electron chi connectivity index (χ3n) is 2.41. The third kappa shape index (κ3) is 4.91. The number of ether oxygens (including phenoxy) is 2. The smallest absolute Gasteiger partial charge is 0.0897 e. The van der Waals surface area contributed by atoms with E-state index in [1.165, 1.54) is 12.8 Å². The minimum Gasteiger partial charge on any atom is -0.389 e. The molecule has 0 radical (unpaired) electrons. The minimum absolute atomic E-state index is 0.396. The molecular formula is C10H21NO3. The quantitative estimate of drug-likeness (QED) is 0.578. The van der Waals surface area contributed by atoms with Gasteiger partial charge < -0.3 is 19.9 Å². The number of hydrogen-bond acceptors (Lipinski definition) is 4. The fourth-order valence-corrected chi connectivity index (χ4v) is 1.66. The Morgan fingerprint density at radius 2 is 2.50 bits per heavy atom. The van der Waals surface area contributed by atoms with E-state index in [9.17, 15) is 5.11 Å². The third-order valence-corrected chi connectivity index (χ3v) is 2.41. The zero-order valence-corrected chi connectivity index (χ0v) is 8.87. The molecule has 0 aromatic heterocycles. The highest BCUT2D eigenvalue weighted by Crippen LogP contribution is 2.14. The molecule has 4 heteroatoms. The molecule has 1 rings (SSSR count). The average Bonchev–Trinajstić information content (AvgIpc) is 2.65. The molecule has 2 atom stereocenters. The Kier molecular flexibility index (Phi) is 6.10. The molecule has 0 aromatic rings. The van der Waals surface area contributed by atoms with Gasteiger partial charge in [-0.1, -0.05) is 0 Å². The van der Waals surface area contributed by atoms with Crippen molar-refractivity contribution in [1.29, 1.82) is 0 Å². The van der Waals surface area contributed by atoms with E-state index >= 15 is 0 Å². The van der Waals surface area contributed by atoms with E-state index in [0.29, 0.717) is 19.3 Å². The lowest BCUT2D eigenvalue weighted by molar-refractivity contribution is 0.0627. The molecule has 4 nitrogen and oxygen atoms in total. The van der Waals surface area contributed by atoms with Gasteiger partial charge in [-0.3, -0.25) is 0 Å². The first-order valence-electron chi connectivity index (χ1n) is 5.32. The summed E-state index contributed by atoms with van der Waals surface area (Å²) in [5, 5.41) is 12.5. The molecule has 1 fully saturated rings. The van der Waals surface area contributed by atoms with E-state index in [1.54, 1.807) is 7.11 Å². The van der Waals surface area contributed by atoms with Crippen molar-refractivity contribution >= 4 is 0 Å². The van der Waals surface area contributed by atoms with Gasteiger partial charge in [-0.2, -0.15) is 0 Å². The molecule has 0 amide bonds. The Morgan fingerprint density at radius 3 is 3.14 bits per heavy atom. The van der Waals surface area contributed by atoms with Crippen molar-refractivity contribution < 1.29 is 14.6 Å². The van der Waals surface area contributed by atoms with Crippen LogP contribution in [-0.2, 0) is 9.47 Å². The number of aliphatic hydroxyl groups excluding tert-OH is 1. The van der Waals surface area contributed by atoms with Gasteiger partial charge in [-0.25, -0.2) is 0 Å². The molecule has 0 spiro atoms. The highest BCUT2D eigenvalue weighted by molar-refractivity contribution is 4.67. The van der Waals surface area contributed by atoms with Crippen LogP contribution >= 0.6 is 0 Å². The topological polar surface area (TPSA) is 50.7 Å². The zero-order valence-electron chi connectivity index (χ0n) is 8.87. The lowest BCUT2D eigenvalue weighted by Crippen LogP contribution is -2.31. The highest BCUT2D eigenvalue weighted by atomic mass is 16.5. The fraction of sp³-hybridized carbons (Fsp3) is 1.00. The number of rotatable bonds is 7. The molecule has 0 aliphatic carbocycles. The Morgan fingerprint density at radius 1 is 1.64 bits per heavy atom. The van der Waals surface area contributed by atoms with Gasteiger partial charge in [0.05, 0.1) is 18.8 Å².